The van der Waals surface area contributed by atoms with Gasteiger partial charge in [0.2, 0.25) is 11.9 Å². The van der Waals surface area contributed by atoms with Crippen LogP contribution in [0.5, 0.6) is 0 Å². The van der Waals surface area contributed by atoms with E-state index in [1.807, 2.05) is 12.1 Å². The van der Waals surface area contributed by atoms with Crippen molar-refractivity contribution in [2.75, 3.05) is 61.8 Å². The molecular formula is C31H32F2N8O2. The summed E-state index contributed by atoms with van der Waals surface area (Å²) in [5.74, 6) is -1.89. The fourth-order valence-corrected chi connectivity index (χ4v) is 5.54. The van der Waals surface area contributed by atoms with E-state index in [0.717, 1.165) is 49.7 Å². The topological polar surface area (TPSA) is 109 Å². The molecule has 3 N–H and O–H groups in total. The monoisotopic (exact) mass is 586 g/mol. The van der Waals surface area contributed by atoms with Crippen molar-refractivity contribution >= 4 is 45.9 Å². The Hall–Kier alpha value is -4.84. The molecule has 4 aromatic rings. The zero-order chi connectivity index (χ0) is 30.1. The highest BCUT2D eigenvalue weighted by atomic mass is 19.1. The van der Waals surface area contributed by atoms with E-state index < -0.39 is 17.4 Å². The van der Waals surface area contributed by atoms with Gasteiger partial charge in [0.15, 0.2) is 5.78 Å². The average molecular weight is 587 g/mol. The molecular weight excluding hydrogens is 554 g/mol. The van der Waals surface area contributed by atoms with E-state index >= 15 is 0 Å². The number of likely N-dealkylation sites (N-methyl/N-ethyl adjacent to an activating group) is 1. The molecule has 0 saturated carbocycles. The molecule has 2 saturated heterocycles. The molecule has 43 heavy (non-hydrogen) atoms. The molecule has 2 aromatic carbocycles. The van der Waals surface area contributed by atoms with Gasteiger partial charge in [0.05, 0.1) is 16.5 Å². The molecule has 2 aliphatic rings. The fourth-order valence-electron chi connectivity index (χ4n) is 5.54. The fraction of sp³-hybridized carbons (Fsp3) is 0.290. The number of nitrogens with one attached hydrogen (secondary N) is 3. The van der Waals surface area contributed by atoms with Gasteiger partial charge in [0.25, 0.3) is 0 Å². The number of carbonyl (C=O) groups excluding carboxylic acids is 2. The van der Waals surface area contributed by atoms with Crippen LogP contribution in [0.2, 0.25) is 0 Å². The van der Waals surface area contributed by atoms with Crippen LogP contribution in [0.15, 0.2) is 61.3 Å². The summed E-state index contributed by atoms with van der Waals surface area (Å²) in [6.07, 6.45) is 3.39. The molecule has 0 unspecified atom stereocenters. The van der Waals surface area contributed by atoms with Gasteiger partial charge in [-0.05, 0) is 55.9 Å². The minimum absolute atomic E-state index is 0.142. The molecule has 12 heteroatoms. The predicted molar refractivity (Wildman–Crippen MR) is 162 cm³/mol. The number of hydrogen-bond donors (Lipinski definition) is 3. The molecule has 0 aliphatic carbocycles. The van der Waals surface area contributed by atoms with Crippen LogP contribution in [0.4, 0.5) is 31.9 Å². The zero-order valence-corrected chi connectivity index (χ0v) is 23.7. The number of nitrogens with zero attached hydrogens (tertiary/aromatic N) is 5. The molecule has 222 valence electrons. The van der Waals surface area contributed by atoms with Crippen molar-refractivity contribution in [2.45, 2.75) is 12.5 Å². The number of fused-ring (bicyclic) bond motifs is 1. The third-order valence-corrected chi connectivity index (χ3v) is 7.96. The Morgan fingerprint density at radius 1 is 1.02 bits per heavy atom. The standard InChI is InChI=1S/C31H32F2N8O2/c1-3-26(42)41-11-10-21(18-41)35-30-27-24(28(43)23-9-4-19(32)16-25(23)33)17-34-29(27)37-31(38-30)36-20-5-7-22(8-6-20)40-14-12-39(2)13-15-40/h3-9,16-17,21H,1,10-15,18H2,2H3,(H3,34,35,36,37,38)/t21-/m0/s1. The molecule has 0 bridgehead atoms. The van der Waals surface area contributed by atoms with Crippen LogP contribution in [0.1, 0.15) is 22.3 Å². The lowest BCUT2D eigenvalue weighted by molar-refractivity contribution is -0.125. The van der Waals surface area contributed by atoms with Crippen molar-refractivity contribution in [1.82, 2.24) is 24.8 Å². The van der Waals surface area contributed by atoms with Crippen molar-refractivity contribution in [3.63, 3.8) is 0 Å². The van der Waals surface area contributed by atoms with Gasteiger partial charge in [-0.15, -0.1) is 0 Å². The molecule has 6 rings (SSSR count). The van der Waals surface area contributed by atoms with E-state index in [9.17, 15) is 18.4 Å². The van der Waals surface area contributed by atoms with Gasteiger partial charge >= 0.3 is 0 Å². The van der Waals surface area contributed by atoms with Crippen molar-refractivity contribution < 1.29 is 18.4 Å². The Bertz CT molecular complexity index is 1680. The highest BCUT2D eigenvalue weighted by molar-refractivity contribution is 6.18. The maximum Gasteiger partial charge on any atom is 0.246 e. The Balaban J connectivity index is 1.31. The van der Waals surface area contributed by atoms with Crippen molar-refractivity contribution in [1.29, 1.82) is 0 Å². The van der Waals surface area contributed by atoms with Crippen molar-refractivity contribution in [3.05, 3.63) is 84.1 Å². The number of likely N-dealkylation sites (tertiary alicyclic amines) is 1. The summed E-state index contributed by atoms with van der Waals surface area (Å²) in [5, 5.41) is 7.00. The number of amides is 1. The number of ketones is 1. The highest BCUT2D eigenvalue weighted by Gasteiger charge is 2.28. The quantitative estimate of drug-likeness (QED) is 0.209. The van der Waals surface area contributed by atoms with Gasteiger partial charge in [0, 0.05) is 68.9 Å². The van der Waals surface area contributed by atoms with E-state index in [2.05, 4.69) is 56.2 Å². The Kier molecular flexibility index (Phi) is 7.76. The van der Waals surface area contributed by atoms with Crippen LogP contribution in [-0.4, -0.2) is 88.8 Å². The largest absolute Gasteiger partial charge is 0.369 e. The predicted octanol–water partition coefficient (Wildman–Crippen LogP) is 4.16. The first kappa shape index (κ1) is 28.3. The lowest BCUT2D eigenvalue weighted by Crippen LogP contribution is -2.44. The minimum atomic E-state index is -0.956. The number of aromatic nitrogens is 3. The van der Waals surface area contributed by atoms with E-state index in [4.69, 9.17) is 4.98 Å². The number of carbonyl (C=O) groups is 2. The van der Waals surface area contributed by atoms with Gasteiger partial charge in [-0.2, -0.15) is 9.97 Å². The molecule has 1 atom stereocenters. The van der Waals surface area contributed by atoms with Crippen LogP contribution < -0.4 is 15.5 Å². The zero-order valence-electron chi connectivity index (χ0n) is 23.7. The van der Waals surface area contributed by atoms with Crippen LogP contribution in [0, 0.1) is 11.6 Å². The van der Waals surface area contributed by atoms with Crippen LogP contribution in [0.3, 0.4) is 0 Å². The van der Waals surface area contributed by atoms with E-state index in [1.54, 1.807) is 4.90 Å². The number of anilines is 4. The summed E-state index contributed by atoms with van der Waals surface area (Å²) in [7, 11) is 2.12. The molecule has 1 amide bonds. The molecule has 2 aromatic heterocycles. The second-order valence-electron chi connectivity index (χ2n) is 10.9. The number of hydrogen-bond acceptors (Lipinski definition) is 8. The van der Waals surface area contributed by atoms with Crippen LogP contribution in [-0.2, 0) is 4.79 Å². The first-order valence-electron chi connectivity index (χ1n) is 14.2. The van der Waals surface area contributed by atoms with E-state index in [1.165, 1.54) is 12.3 Å². The lowest BCUT2D eigenvalue weighted by atomic mass is 10.0. The Morgan fingerprint density at radius 3 is 2.51 bits per heavy atom. The summed E-state index contributed by atoms with van der Waals surface area (Å²) >= 11 is 0. The maximum absolute atomic E-state index is 14.6. The second kappa shape index (κ2) is 11.8. The van der Waals surface area contributed by atoms with Crippen LogP contribution in [0.25, 0.3) is 11.0 Å². The summed E-state index contributed by atoms with van der Waals surface area (Å²) in [6.45, 7) is 8.48. The Labute approximate surface area is 247 Å². The molecule has 0 spiro atoms. The summed E-state index contributed by atoms with van der Waals surface area (Å²) < 4.78 is 28.1. The number of piperazine rings is 1. The van der Waals surface area contributed by atoms with Gasteiger partial charge in [-0.1, -0.05) is 6.58 Å². The smallest absolute Gasteiger partial charge is 0.246 e. The maximum atomic E-state index is 14.6. The van der Waals surface area contributed by atoms with Gasteiger partial charge in [-0.25, -0.2) is 8.78 Å². The number of rotatable bonds is 8. The molecule has 10 nitrogen and oxygen atoms in total. The minimum Gasteiger partial charge on any atom is -0.369 e. The summed E-state index contributed by atoms with van der Waals surface area (Å²) in [6, 6.07) is 10.7. The first-order valence-corrected chi connectivity index (χ1v) is 14.2. The van der Waals surface area contributed by atoms with Gasteiger partial charge in [-0.3, -0.25) is 9.59 Å². The van der Waals surface area contributed by atoms with Crippen molar-refractivity contribution in [2.24, 2.45) is 0 Å². The lowest BCUT2D eigenvalue weighted by Gasteiger charge is -2.34. The number of benzene rings is 2. The van der Waals surface area contributed by atoms with Crippen molar-refractivity contribution in [3.8, 4) is 0 Å². The number of aromatic amines is 1. The molecule has 2 aliphatic heterocycles. The van der Waals surface area contributed by atoms with Gasteiger partial charge < -0.3 is 30.3 Å². The van der Waals surface area contributed by atoms with E-state index in [-0.39, 0.29) is 29.0 Å². The molecule has 4 heterocycles. The summed E-state index contributed by atoms with van der Waals surface area (Å²) in [4.78, 5) is 44.3. The number of H-pyrrole nitrogens is 1. The van der Waals surface area contributed by atoms with Crippen LogP contribution >= 0.6 is 0 Å². The molecule has 2 fully saturated rings. The summed E-state index contributed by atoms with van der Waals surface area (Å²) in [5.41, 5.74) is 2.15. The SMILES string of the molecule is C=CC(=O)N1CC[C@H](Nc2nc(Nc3ccc(N4CCN(C)CC4)cc3)nc3[nH]cc(C(=O)c4ccc(F)cc4F)c23)C1. The highest BCUT2D eigenvalue weighted by Crippen LogP contribution is 2.31. The second-order valence-corrected chi connectivity index (χ2v) is 10.9. The first-order chi connectivity index (χ1) is 20.8. The average Bonchev–Trinajstić information content (AvgIpc) is 3.65. The molecule has 0 radical (unpaired) electrons. The van der Waals surface area contributed by atoms with Gasteiger partial charge in [0.1, 0.15) is 23.1 Å². The third-order valence-electron chi connectivity index (χ3n) is 7.96. The van der Waals surface area contributed by atoms with E-state index in [0.29, 0.717) is 42.4 Å². The number of halogens is 2. The Morgan fingerprint density at radius 2 is 1.79 bits per heavy atom. The normalized spacial score (nSPS) is 17.3. The third kappa shape index (κ3) is 5.91.